The molecule has 3 aromatic rings. The molecular weight excluding hydrogens is 336 g/mol. The molecule has 0 saturated carbocycles. The molecule has 0 bridgehead atoms. The second kappa shape index (κ2) is 8.08. The summed E-state index contributed by atoms with van der Waals surface area (Å²) in [5.41, 5.74) is 5.47. The molecule has 0 aliphatic heterocycles. The number of benzene rings is 2. The Kier molecular flexibility index (Phi) is 5.60. The van der Waals surface area contributed by atoms with E-state index in [1.54, 1.807) is 4.68 Å². The van der Waals surface area contributed by atoms with Crippen molar-refractivity contribution in [2.45, 2.75) is 20.8 Å². The third-order valence-corrected chi connectivity index (χ3v) is 4.71. The number of carbonyl (C=O) groups excluding carboxylic acids is 1. The summed E-state index contributed by atoms with van der Waals surface area (Å²) >= 11 is 0. The van der Waals surface area contributed by atoms with E-state index in [0.717, 1.165) is 35.7 Å². The first-order chi connectivity index (χ1) is 13.0. The van der Waals surface area contributed by atoms with E-state index in [-0.39, 0.29) is 5.91 Å². The minimum Gasteiger partial charge on any atom is -0.372 e. The van der Waals surface area contributed by atoms with Crippen LogP contribution in [0.5, 0.6) is 0 Å². The molecule has 0 unspecified atom stereocenters. The fraction of sp³-hybridized carbons (Fsp3) is 0.273. The van der Waals surface area contributed by atoms with Gasteiger partial charge in [0.05, 0.1) is 5.69 Å². The Labute approximate surface area is 160 Å². The average molecular weight is 362 g/mol. The number of hydrogen-bond donors (Lipinski definition) is 1. The van der Waals surface area contributed by atoms with Gasteiger partial charge < -0.3 is 10.2 Å². The maximum Gasteiger partial charge on any atom is 0.276 e. The van der Waals surface area contributed by atoms with Crippen LogP contribution in [0.1, 0.15) is 29.9 Å². The largest absolute Gasteiger partial charge is 0.372 e. The number of aromatic nitrogens is 2. The molecule has 140 valence electrons. The third kappa shape index (κ3) is 4.19. The van der Waals surface area contributed by atoms with Crippen molar-refractivity contribution in [2.75, 3.05) is 23.3 Å². The second-order valence-corrected chi connectivity index (χ2v) is 6.58. The zero-order valence-corrected chi connectivity index (χ0v) is 16.4. The molecule has 1 N–H and O–H groups in total. The van der Waals surface area contributed by atoms with Gasteiger partial charge in [-0.15, -0.1) is 0 Å². The number of rotatable bonds is 6. The van der Waals surface area contributed by atoms with E-state index < -0.39 is 0 Å². The molecule has 0 saturated heterocycles. The molecule has 5 nitrogen and oxygen atoms in total. The Balaban J connectivity index is 1.75. The van der Waals surface area contributed by atoms with Crippen LogP contribution in [0.4, 0.5) is 11.4 Å². The number of nitrogens with zero attached hydrogens (tertiary/aromatic N) is 3. The van der Waals surface area contributed by atoms with Gasteiger partial charge in [0.25, 0.3) is 5.91 Å². The van der Waals surface area contributed by atoms with Crippen LogP contribution < -0.4 is 10.2 Å². The summed E-state index contributed by atoms with van der Waals surface area (Å²) in [6, 6.07) is 17.9. The lowest BCUT2D eigenvalue weighted by molar-refractivity contribution is 0.102. The van der Waals surface area contributed by atoms with Gasteiger partial charge in [-0.3, -0.25) is 9.48 Å². The van der Waals surface area contributed by atoms with Gasteiger partial charge in [-0.05, 0) is 56.7 Å². The van der Waals surface area contributed by atoms with Crippen molar-refractivity contribution >= 4 is 17.3 Å². The SMILES string of the molecule is CCN(CC)c1ccc(NC(=O)c2cc(-c3ccc(C)cc3)n(C)n2)cc1. The lowest BCUT2D eigenvalue weighted by atomic mass is 10.1. The molecule has 2 aromatic carbocycles. The predicted octanol–water partition coefficient (Wildman–Crippen LogP) is 4.49. The van der Waals surface area contributed by atoms with Gasteiger partial charge in [-0.2, -0.15) is 5.10 Å². The van der Waals surface area contributed by atoms with Gasteiger partial charge in [0.15, 0.2) is 5.69 Å². The van der Waals surface area contributed by atoms with Crippen LogP contribution in [0.25, 0.3) is 11.3 Å². The van der Waals surface area contributed by atoms with E-state index in [1.165, 1.54) is 5.56 Å². The van der Waals surface area contributed by atoms with Crippen LogP contribution in [-0.2, 0) is 7.05 Å². The minimum absolute atomic E-state index is 0.209. The number of carbonyl (C=O) groups is 1. The first-order valence-corrected chi connectivity index (χ1v) is 9.29. The molecule has 0 radical (unpaired) electrons. The molecular formula is C22H26N4O. The molecule has 0 atom stereocenters. The molecule has 5 heteroatoms. The van der Waals surface area contributed by atoms with E-state index in [1.807, 2.05) is 49.5 Å². The number of nitrogens with one attached hydrogen (secondary N) is 1. The molecule has 1 amide bonds. The summed E-state index contributed by atoms with van der Waals surface area (Å²) in [5, 5.41) is 7.30. The van der Waals surface area contributed by atoms with Gasteiger partial charge in [0.2, 0.25) is 0 Å². The van der Waals surface area contributed by atoms with Crippen molar-refractivity contribution < 1.29 is 4.79 Å². The average Bonchev–Trinajstić information content (AvgIpc) is 3.06. The third-order valence-electron chi connectivity index (χ3n) is 4.71. The van der Waals surface area contributed by atoms with Crippen LogP contribution >= 0.6 is 0 Å². The maximum absolute atomic E-state index is 12.6. The van der Waals surface area contributed by atoms with Crippen molar-refractivity contribution in [3.63, 3.8) is 0 Å². The number of amides is 1. The van der Waals surface area contributed by atoms with Crippen molar-refractivity contribution in [1.29, 1.82) is 0 Å². The molecule has 0 fully saturated rings. The highest BCUT2D eigenvalue weighted by atomic mass is 16.1. The van der Waals surface area contributed by atoms with Crippen LogP contribution in [0.3, 0.4) is 0 Å². The Morgan fingerprint density at radius 1 is 1.04 bits per heavy atom. The van der Waals surface area contributed by atoms with Gasteiger partial charge in [-0.1, -0.05) is 29.8 Å². The molecule has 1 heterocycles. The zero-order chi connectivity index (χ0) is 19.4. The second-order valence-electron chi connectivity index (χ2n) is 6.58. The monoisotopic (exact) mass is 362 g/mol. The molecule has 0 spiro atoms. The van der Waals surface area contributed by atoms with Crippen molar-refractivity contribution in [1.82, 2.24) is 9.78 Å². The number of hydrogen-bond acceptors (Lipinski definition) is 3. The van der Waals surface area contributed by atoms with Gasteiger partial charge in [0.1, 0.15) is 0 Å². The zero-order valence-electron chi connectivity index (χ0n) is 16.4. The topological polar surface area (TPSA) is 50.2 Å². The van der Waals surface area contributed by atoms with Crippen molar-refractivity contribution in [3.05, 3.63) is 65.9 Å². The van der Waals surface area contributed by atoms with Crippen LogP contribution in [0.15, 0.2) is 54.6 Å². The quantitative estimate of drug-likeness (QED) is 0.703. The van der Waals surface area contributed by atoms with E-state index in [9.17, 15) is 4.79 Å². The highest BCUT2D eigenvalue weighted by molar-refractivity contribution is 6.03. The Bertz CT molecular complexity index is 906. The van der Waals surface area contributed by atoms with E-state index in [2.05, 4.69) is 48.2 Å². The number of aryl methyl sites for hydroxylation is 2. The van der Waals surface area contributed by atoms with Crippen LogP contribution in [0.2, 0.25) is 0 Å². The lowest BCUT2D eigenvalue weighted by Crippen LogP contribution is -2.21. The normalized spacial score (nSPS) is 10.7. The van der Waals surface area contributed by atoms with E-state index in [0.29, 0.717) is 5.69 Å². The fourth-order valence-corrected chi connectivity index (χ4v) is 3.11. The van der Waals surface area contributed by atoms with Crippen LogP contribution in [-0.4, -0.2) is 28.8 Å². The summed E-state index contributed by atoms with van der Waals surface area (Å²) in [7, 11) is 1.85. The number of anilines is 2. The van der Waals surface area contributed by atoms with Gasteiger partial charge in [0, 0.05) is 31.5 Å². The molecule has 0 aliphatic carbocycles. The van der Waals surface area contributed by atoms with Crippen molar-refractivity contribution in [2.24, 2.45) is 7.05 Å². The molecule has 3 rings (SSSR count). The summed E-state index contributed by atoms with van der Waals surface area (Å²) in [6.07, 6.45) is 0. The van der Waals surface area contributed by atoms with Gasteiger partial charge >= 0.3 is 0 Å². The van der Waals surface area contributed by atoms with Crippen LogP contribution in [0, 0.1) is 6.92 Å². The highest BCUT2D eigenvalue weighted by Gasteiger charge is 2.14. The molecule has 0 aliphatic rings. The fourth-order valence-electron chi connectivity index (χ4n) is 3.11. The Morgan fingerprint density at radius 3 is 2.26 bits per heavy atom. The highest BCUT2D eigenvalue weighted by Crippen LogP contribution is 2.22. The summed E-state index contributed by atoms with van der Waals surface area (Å²) in [4.78, 5) is 14.9. The van der Waals surface area contributed by atoms with Crippen molar-refractivity contribution in [3.8, 4) is 11.3 Å². The lowest BCUT2D eigenvalue weighted by Gasteiger charge is -2.21. The van der Waals surface area contributed by atoms with E-state index >= 15 is 0 Å². The molecule has 27 heavy (non-hydrogen) atoms. The predicted molar refractivity (Wildman–Crippen MR) is 111 cm³/mol. The minimum atomic E-state index is -0.209. The summed E-state index contributed by atoms with van der Waals surface area (Å²) in [5.74, 6) is -0.209. The standard InChI is InChI=1S/C22H26N4O/c1-5-26(6-2)19-13-11-18(12-14-19)23-22(27)20-15-21(25(4)24-20)17-9-7-16(3)8-10-17/h7-15H,5-6H2,1-4H3,(H,23,27). The first-order valence-electron chi connectivity index (χ1n) is 9.29. The first kappa shape index (κ1) is 18.7. The Morgan fingerprint density at radius 2 is 1.67 bits per heavy atom. The smallest absolute Gasteiger partial charge is 0.276 e. The van der Waals surface area contributed by atoms with E-state index in [4.69, 9.17) is 0 Å². The van der Waals surface area contributed by atoms with Gasteiger partial charge in [-0.25, -0.2) is 0 Å². The Hall–Kier alpha value is -3.08. The molecule has 1 aromatic heterocycles. The maximum atomic E-state index is 12.6. The summed E-state index contributed by atoms with van der Waals surface area (Å²) in [6.45, 7) is 8.23. The summed E-state index contributed by atoms with van der Waals surface area (Å²) < 4.78 is 1.74.